The van der Waals surface area contributed by atoms with Crippen LogP contribution in [0.2, 0.25) is 5.28 Å². The third-order valence-electron chi connectivity index (χ3n) is 6.75. The zero-order chi connectivity index (χ0) is 20.8. The first-order chi connectivity index (χ1) is 14.5. The van der Waals surface area contributed by atoms with Crippen molar-refractivity contribution in [3.05, 3.63) is 29.0 Å². The number of esters is 1. The van der Waals surface area contributed by atoms with E-state index in [1.54, 1.807) is 13.0 Å². The molecule has 0 unspecified atom stereocenters. The van der Waals surface area contributed by atoms with Crippen molar-refractivity contribution in [1.82, 2.24) is 9.97 Å². The highest BCUT2D eigenvalue weighted by molar-refractivity contribution is 6.28. The number of aromatic nitrogens is 2. The summed E-state index contributed by atoms with van der Waals surface area (Å²) in [6.07, 6.45) is 6.20. The van der Waals surface area contributed by atoms with E-state index in [1.807, 2.05) is 6.07 Å². The van der Waals surface area contributed by atoms with Crippen LogP contribution in [-0.4, -0.2) is 28.6 Å². The van der Waals surface area contributed by atoms with Crippen molar-refractivity contribution in [2.24, 2.45) is 17.8 Å². The van der Waals surface area contributed by atoms with E-state index in [0.29, 0.717) is 18.3 Å². The Morgan fingerprint density at radius 3 is 2.63 bits per heavy atom. The Hall–Kier alpha value is -2.15. The highest BCUT2D eigenvalue weighted by Gasteiger charge is 2.48. The highest BCUT2D eigenvalue weighted by atomic mass is 35.5. The number of rotatable bonds is 6. The van der Waals surface area contributed by atoms with Gasteiger partial charge in [-0.1, -0.05) is 0 Å². The number of ether oxygens (including phenoxy) is 1. The highest BCUT2D eigenvalue weighted by Crippen LogP contribution is 2.47. The zero-order valence-electron chi connectivity index (χ0n) is 16.9. The molecule has 30 heavy (non-hydrogen) atoms. The molecule has 2 atom stereocenters. The molecular formula is C22H25ClFN3O3. The maximum absolute atomic E-state index is 15.4. The van der Waals surface area contributed by atoms with E-state index in [2.05, 4.69) is 15.3 Å². The van der Waals surface area contributed by atoms with Crippen molar-refractivity contribution in [3.8, 4) is 11.5 Å². The second-order valence-electron chi connectivity index (χ2n) is 8.60. The third-order valence-corrected chi connectivity index (χ3v) is 6.91. The van der Waals surface area contributed by atoms with Crippen LogP contribution in [-0.2, 0) is 9.53 Å². The molecule has 4 aliphatic carbocycles. The molecule has 2 heterocycles. The molecular weight excluding hydrogens is 409 g/mol. The molecule has 4 fully saturated rings. The molecule has 2 bridgehead atoms. The smallest absolute Gasteiger partial charge is 0.311 e. The average molecular weight is 434 g/mol. The van der Waals surface area contributed by atoms with E-state index >= 15 is 4.39 Å². The fourth-order valence-electron chi connectivity index (χ4n) is 5.14. The lowest BCUT2D eigenvalue weighted by Crippen LogP contribution is -2.52. The van der Waals surface area contributed by atoms with Gasteiger partial charge in [0.1, 0.15) is 11.5 Å². The van der Waals surface area contributed by atoms with Gasteiger partial charge in [0.2, 0.25) is 5.28 Å². The summed E-state index contributed by atoms with van der Waals surface area (Å²) in [6, 6.07) is 3.36. The van der Waals surface area contributed by atoms with Crippen molar-refractivity contribution in [2.45, 2.75) is 57.4 Å². The van der Waals surface area contributed by atoms with E-state index in [9.17, 15) is 4.79 Å². The number of nitrogens with zero attached hydrogens (tertiary/aromatic N) is 2. The second-order valence-corrected chi connectivity index (χ2v) is 8.94. The van der Waals surface area contributed by atoms with Crippen LogP contribution in [0.15, 0.2) is 16.5 Å². The Kier molecular flexibility index (Phi) is 5.17. The lowest BCUT2D eigenvalue weighted by atomic mass is 9.61. The molecule has 0 saturated heterocycles. The summed E-state index contributed by atoms with van der Waals surface area (Å²) in [6.45, 7) is 2.13. The predicted molar refractivity (Wildman–Crippen MR) is 110 cm³/mol. The van der Waals surface area contributed by atoms with E-state index in [1.165, 1.54) is 0 Å². The Morgan fingerprint density at radius 2 is 1.93 bits per heavy atom. The van der Waals surface area contributed by atoms with Gasteiger partial charge >= 0.3 is 5.97 Å². The SMILES string of the molecule is CCOC(=O)[C@H]1C2CCC(CC2)[C@@H]1Nc1nc(Cl)nc(-c2ccc(C3CC3)o2)c1F. The minimum Gasteiger partial charge on any atom is -0.466 e. The Bertz CT molecular complexity index is 953. The van der Waals surface area contributed by atoms with E-state index in [0.717, 1.165) is 44.3 Å². The van der Waals surface area contributed by atoms with Gasteiger partial charge in [-0.15, -0.1) is 0 Å². The summed E-state index contributed by atoms with van der Waals surface area (Å²) < 4.78 is 26.6. The molecule has 2 aromatic rings. The molecule has 0 amide bonds. The summed E-state index contributed by atoms with van der Waals surface area (Å²) >= 11 is 6.14. The number of nitrogens with one attached hydrogen (secondary N) is 1. The largest absolute Gasteiger partial charge is 0.466 e. The van der Waals surface area contributed by atoms with Gasteiger partial charge in [0.15, 0.2) is 17.4 Å². The van der Waals surface area contributed by atoms with Crippen LogP contribution >= 0.6 is 11.6 Å². The predicted octanol–water partition coefficient (Wildman–Crippen LogP) is 5.19. The first-order valence-electron chi connectivity index (χ1n) is 10.8. The summed E-state index contributed by atoms with van der Waals surface area (Å²) in [5.74, 6) is 1.00. The molecule has 6 rings (SSSR count). The van der Waals surface area contributed by atoms with Crippen LogP contribution in [0.1, 0.15) is 57.1 Å². The number of anilines is 1. The normalized spacial score (nSPS) is 27.8. The number of carbonyl (C=O) groups excluding carboxylic acids is 1. The van der Waals surface area contributed by atoms with Crippen molar-refractivity contribution < 1.29 is 18.3 Å². The van der Waals surface area contributed by atoms with Gasteiger partial charge in [-0.2, -0.15) is 4.98 Å². The molecule has 0 radical (unpaired) electrons. The first-order valence-corrected chi connectivity index (χ1v) is 11.2. The number of halogens is 2. The molecule has 0 spiro atoms. The molecule has 2 aromatic heterocycles. The van der Waals surface area contributed by atoms with Crippen molar-refractivity contribution in [1.29, 1.82) is 0 Å². The Balaban J connectivity index is 1.46. The number of fused-ring (bicyclic) bond motifs is 3. The standard InChI is InChI=1S/C22H25ClFN3O3/c1-2-29-21(28)16-12-5-7-13(8-6-12)18(16)25-20-17(24)19(26-22(23)27-20)15-10-9-14(30-15)11-3-4-11/h9-13,16,18H,2-8H2,1H3,(H,25,26,27)/t12?,13?,16-,18-/m0/s1. The fourth-order valence-corrected chi connectivity index (χ4v) is 5.31. The third kappa shape index (κ3) is 3.57. The minimum atomic E-state index is -0.611. The molecule has 0 aromatic carbocycles. The second kappa shape index (κ2) is 7.84. The molecule has 0 aliphatic heterocycles. The van der Waals surface area contributed by atoms with Crippen LogP contribution in [0.3, 0.4) is 0 Å². The maximum Gasteiger partial charge on any atom is 0.311 e. The van der Waals surface area contributed by atoms with Gasteiger partial charge in [0, 0.05) is 12.0 Å². The van der Waals surface area contributed by atoms with Gasteiger partial charge in [0.25, 0.3) is 0 Å². The molecule has 6 nitrogen and oxygen atoms in total. The lowest BCUT2D eigenvalue weighted by Gasteiger charge is -2.47. The van der Waals surface area contributed by atoms with E-state index in [-0.39, 0.29) is 46.6 Å². The lowest BCUT2D eigenvalue weighted by molar-refractivity contribution is -0.154. The molecule has 1 N–H and O–H groups in total. The molecule has 4 saturated carbocycles. The molecule has 8 heteroatoms. The van der Waals surface area contributed by atoms with Crippen molar-refractivity contribution >= 4 is 23.4 Å². The van der Waals surface area contributed by atoms with E-state index < -0.39 is 5.82 Å². The van der Waals surface area contributed by atoms with Crippen LogP contribution in [0.5, 0.6) is 0 Å². The maximum atomic E-state index is 15.4. The first kappa shape index (κ1) is 19.8. The minimum absolute atomic E-state index is 0.0150. The summed E-state index contributed by atoms with van der Waals surface area (Å²) in [7, 11) is 0. The van der Waals surface area contributed by atoms with Gasteiger partial charge in [-0.05, 0) is 81.0 Å². The molecule has 4 aliphatic rings. The summed E-state index contributed by atoms with van der Waals surface area (Å²) in [5.41, 5.74) is 0.0399. The van der Waals surface area contributed by atoms with Crippen LogP contribution in [0, 0.1) is 23.6 Å². The fraction of sp³-hybridized carbons (Fsp3) is 0.591. The summed E-state index contributed by atoms with van der Waals surface area (Å²) in [5, 5.41) is 3.15. The van der Waals surface area contributed by atoms with Crippen molar-refractivity contribution in [2.75, 3.05) is 11.9 Å². The number of carbonyl (C=O) groups is 1. The quantitative estimate of drug-likeness (QED) is 0.499. The zero-order valence-corrected chi connectivity index (χ0v) is 17.6. The van der Waals surface area contributed by atoms with Crippen molar-refractivity contribution in [3.63, 3.8) is 0 Å². The average Bonchev–Trinajstić information content (AvgIpc) is 3.48. The Morgan fingerprint density at radius 1 is 1.20 bits per heavy atom. The van der Waals surface area contributed by atoms with E-state index in [4.69, 9.17) is 20.8 Å². The number of hydrogen-bond acceptors (Lipinski definition) is 6. The van der Waals surface area contributed by atoms with Crippen LogP contribution < -0.4 is 5.32 Å². The Labute approximate surface area is 179 Å². The van der Waals surface area contributed by atoms with Gasteiger partial charge < -0.3 is 14.5 Å². The number of furan rings is 1. The summed E-state index contributed by atoms with van der Waals surface area (Å²) in [4.78, 5) is 20.9. The topological polar surface area (TPSA) is 77.2 Å². The van der Waals surface area contributed by atoms with Gasteiger partial charge in [0.05, 0.1) is 12.5 Å². The number of hydrogen-bond donors (Lipinski definition) is 1. The van der Waals surface area contributed by atoms with Crippen LogP contribution in [0.25, 0.3) is 11.5 Å². The molecule has 160 valence electrons. The van der Waals surface area contributed by atoms with Gasteiger partial charge in [-0.25, -0.2) is 9.37 Å². The van der Waals surface area contributed by atoms with Crippen LogP contribution in [0.4, 0.5) is 10.2 Å². The monoisotopic (exact) mass is 433 g/mol. The van der Waals surface area contributed by atoms with Gasteiger partial charge in [-0.3, -0.25) is 4.79 Å².